The lowest BCUT2D eigenvalue weighted by Gasteiger charge is -2.27. The lowest BCUT2D eigenvalue weighted by Crippen LogP contribution is -2.55. The number of hydrogen-bond acceptors (Lipinski definition) is 5. The van der Waals surface area contributed by atoms with Gasteiger partial charge in [0.15, 0.2) is 5.69 Å². The third-order valence-corrected chi connectivity index (χ3v) is 4.89. The van der Waals surface area contributed by atoms with Gasteiger partial charge in [0.05, 0.1) is 5.69 Å². The quantitative estimate of drug-likeness (QED) is 0.723. The molecule has 0 radical (unpaired) electrons. The summed E-state index contributed by atoms with van der Waals surface area (Å²) >= 11 is 0. The molecule has 0 unspecified atom stereocenters. The fraction of sp³-hybridized carbons (Fsp3) is 0.227. The Bertz CT molecular complexity index is 988. The van der Waals surface area contributed by atoms with Crippen molar-refractivity contribution in [1.29, 1.82) is 0 Å². The standard InChI is InChI=1S/C22H21N3O4/c1-2-25-17-10-6-7-11-18(17)29-19(14-15-8-4-3-5-9-15)20(22(25)27)23-21(26)16-12-13-28-24-16/h3-13,19-20H,2,14H2,1H3,(H,23,26)/t19-,20-/m0/s1. The maximum atomic E-state index is 13.4. The van der Waals surface area contributed by atoms with Gasteiger partial charge in [-0.05, 0) is 24.6 Å². The van der Waals surface area contributed by atoms with E-state index in [1.807, 2.05) is 61.5 Å². The summed E-state index contributed by atoms with van der Waals surface area (Å²) in [6, 6.07) is 17.7. The number of benzene rings is 2. The fourth-order valence-electron chi connectivity index (χ4n) is 3.49. The number of amides is 2. The zero-order valence-corrected chi connectivity index (χ0v) is 15.9. The molecule has 1 aliphatic heterocycles. The third-order valence-electron chi connectivity index (χ3n) is 4.89. The van der Waals surface area contributed by atoms with E-state index in [1.165, 1.54) is 12.3 Å². The van der Waals surface area contributed by atoms with E-state index in [9.17, 15) is 9.59 Å². The highest BCUT2D eigenvalue weighted by atomic mass is 16.5. The van der Waals surface area contributed by atoms with Crippen LogP contribution in [0.25, 0.3) is 0 Å². The number of ether oxygens (including phenoxy) is 1. The first-order chi connectivity index (χ1) is 14.2. The highest BCUT2D eigenvalue weighted by Gasteiger charge is 2.39. The van der Waals surface area contributed by atoms with Gasteiger partial charge in [-0.25, -0.2) is 0 Å². The number of carbonyl (C=O) groups excluding carboxylic acids is 2. The van der Waals surface area contributed by atoms with Gasteiger partial charge < -0.3 is 19.5 Å². The highest BCUT2D eigenvalue weighted by Crippen LogP contribution is 2.33. The Morgan fingerprint density at radius 1 is 1.10 bits per heavy atom. The van der Waals surface area contributed by atoms with Gasteiger partial charge in [0.25, 0.3) is 11.8 Å². The smallest absolute Gasteiger partial charge is 0.274 e. The molecule has 7 heteroatoms. The zero-order valence-electron chi connectivity index (χ0n) is 15.9. The molecule has 2 amide bonds. The molecule has 4 rings (SSSR count). The summed E-state index contributed by atoms with van der Waals surface area (Å²) in [4.78, 5) is 27.7. The summed E-state index contributed by atoms with van der Waals surface area (Å²) in [5.41, 5.74) is 1.81. The topological polar surface area (TPSA) is 84.7 Å². The first-order valence-electron chi connectivity index (χ1n) is 9.49. The molecule has 1 aliphatic rings. The predicted molar refractivity (Wildman–Crippen MR) is 107 cm³/mol. The molecule has 0 fully saturated rings. The maximum absolute atomic E-state index is 13.4. The molecule has 3 aromatic rings. The number of rotatable bonds is 5. The monoisotopic (exact) mass is 391 g/mol. The molecule has 0 spiro atoms. The Hall–Kier alpha value is -3.61. The average molecular weight is 391 g/mol. The molecule has 2 heterocycles. The fourth-order valence-corrected chi connectivity index (χ4v) is 3.49. The number of anilines is 1. The van der Waals surface area contributed by atoms with Crippen LogP contribution in [-0.4, -0.2) is 35.7 Å². The van der Waals surface area contributed by atoms with Gasteiger partial charge in [0.1, 0.15) is 24.2 Å². The van der Waals surface area contributed by atoms with Crippen molar-refractivity contribution >= 4 is 17.5 Å². The average Bonchev–Trinajstić information content (AvgIpc) is 3.25. The summed E-state index contributed by atoms with van der Waals surface area (Å²) in [7, 11) is 0. The van der Waals surface area contributed by atoms with Crippen molar-refractivity contribution in [2.24, 2.45) is 0 Å². The minimum Gasteiger partial charge on any atom is -0.485 e. The van der Waals surface area contributed by atoms with Crippen molar-refractivity contribution in [3.8, 4) is 5.75 Å². The molecule has 7 nitrogen and oxygen atoms in total. The van der Waals surface area contributed by atoms with Crippen LogP contribution in [0.5, 0.6) is 5.75 Å². The molecule has 0 saturated heterocycles. The van der Waals surface area contributed by atoms with E-state index in [0.717, 1.165) is 5.56 Å². The van der Waals surface area contributed by atoms with Crippen molar-refractivity contribution in [2.75, 3.05) is 11.4 Å². The van der Waals surface area contributed by atoms with E-state index >= 15 is 0 Å². The van der Waals surface area contributed by atoms with Crippen LogP contribution in [0.1, 0.15) is 23.0 Å². The summed E-state index contributed by atoms with van der Waals surface area (Å²) in [5, 5.41) is 6.47. The van der Waals surface area contributed by atoms with Gasteiger partial charge in [0.2, 0.25) is 0 Å². The van der Waals surface area contributed by atoms with E-state index in [4.69, 9.17) is 9.26 Å². The van der Waals surface area contributed by atoms with E-state index in [1.54, 1.807) is 4.90 Å². The van der Waals surface area contributed by atoms with Crippen molar-refractivity contribution in [2.45, 2.75) is 25.5 Å². The van der Waals surface area contributed by atoms with Crippen LogP contribution in [0.15, 0.2) is 71.4 Å². The minimum atomic E-state index is -0.883. The number of hydrogen-bond donors (Lipinski definition) is 1. The van der Waals surface area contributed by atoms with Crippen molar-refractivity contribution < 1.29 is 18.8 Å². The van der Waals surface area contributed by atoms with Crippen LogP contribution in [-0.2, 0) is 11.2 Å². The molecule has 1 N–H and O–H groups in total. The van der Waals surface area contributed by atoms with Crippen molar-refractivity contribution in [1.82, 2.24) is 10.5 Å². The largest absolute Gasteiger partial charge is 0.485 e. The highest BCUT2D eigenvalue weighted by molar-refractivity contribution is 6.03. The second-order valence-electron chi connectivity index (χ2n) is 6.73. The summed E-state index contributed by atoms with van der Waals surface area (Å²) < 4.78 is 11.0. The Balaban J connectivity index is 1.71. The molecular formula is C22H21N3O4. The van der Waals surface area contributed by atoms with E-state index < -0.39 is 18.1 Å². The van der Waals surface area contributed by atoms with E-state index in [2.05, 4.69) is 10.5 Å². The van der Waals surface area contributed by atoms with Crippen molar-refractivity contribution in [3.05, 3.63) is 78.2 Å². The van der Waals surface area contributed by atoms with Crippen LogP contribution in [0.2, 0.25) is 0 Å². The van der Waals surface area contributed by atoms with Gasteiger partial charge in [-0.2, -0.15) is 0 Å². The normalized spacial score (nSPS) is 18.5. The third kappa shape index (κ3) is 3.85. The zero-order chi connectivity index (χ0) is 20.2. The summed E-state index contributed by atoms with van der Waals surface area (Å²) in [6.45, 7) is 2.34. The molecule has 2 aromatic carbocycles. The first kappa shape index (κ1) is 18.7. The number of para-hydroxylation sites is 2. The van der Waals surface area contributed by atoms with Gasteiger partial charge >= 0.3 is 0 Å². The number of carbonyl (C=O) groups is 2. The van der Waals surface area contributed by atoms with Crippen LogP contribution in [0, 0.1) is 0 Å². The Labute approximate surface area is 168 Å². The predicted octanol–water partition coefficient (Wildman–Crippen LogP) is 2.83. The Morgan fingerprint density at radius 2 is 1.86 bits per heavy atom. The summed E-state index contributed by atoms with van der Waals surface area (Å²) in [5.74, 6) is -0.0992. The van der Waals surface area contributed by atoms with Gasteiger partial charge in [-0.3, -0.25) is 9.59 Å². The number of aromatic nitrogens is 1. The molecule has 29 heavy (non-hydrogen) atoms. The number of nitrogens with one attached hydrogen (secondary N) is 1. The van der Waals surface area contributed by atoms with Crippen LogP contribution < -0.4 is 15.0 Å². The second-order valence-corrected chi connectivity index (χ2v) is 6.73. The van der Waals surface area contributed by atoms with Crippen LogP contribution in [0.3, 0.4) is 0 Å². The SMILES string of the molecule is CCN1C(=O)[C@@H](NC(=O)c2ccon2)[C@H](Cc2ccccc2)Oc2ccccc21. The maximum Gasteiger partial charge on any atom is 0.274 e. The minimum absolute atomic E-state index is 0.112. The molecule has 0 aliphatic carbocycles. The molecule has 0 saturated carbocycles. The number of fused-ring (bicyclic) bond motifs is 1. The van der Waals surface area contributed by atoms with E-state index in [0.29, 0.717) is 24.4 Å². The van der Waals surface area contributed by atoms with Crippen molar-refractivity contribution in [3.63, 3.8) is 0 Å². The molecule has 148 valence electrons. The molecular weight excluding hydrogens is 370 g/mol. The van der Waals surface area contributed by atoms with Gasteiger partial charge in [-0.15, -0.1) is 0 Å². The van der Waals surface area contributed by atoms with Crippen LogP contribution >= 0.6 is 0 Å². The van der Waals surface area contributed by atoms with Gasteiger partial charge in [0, 0.05) is 19.0 Å². The Morgan fingerprint density at radius 3 is 2.59 bits per heavy atom. The van der Waals surface area contributed by atoms with Gasteiger partial charge in [-0.1, -0.05) is 47.6 Å². The lowest BCUT2D eigenvalue weighted by atomic mass is 10.0. The van der Waals surface area contributed by atoms with Crippen LogP contribution in [0.4, 0.5) is 5.69 Å². The molecule has 1 aromatic heterocycles. The Kier molecular flexibility index (Phi) is 5.29. The molecule has 0 bridgehead atoms. The summed E-state index contributed by atoms with van der Waals surface area (Å²) in [6.07, 6.45) is 1.19. The van der Waals surface area contributed by atoms with E-state index in [-0.39, 0.29) is 11.6 Å². The number of likely N-dealkylation sites (N-methyl/N-ethyl adjacent to an activating group) is 1. The molecule has 2 atom stereocenters. The lowest BCUT2D eigenvalue weighted by molar-refractivity contribution is -0.122. The number of nitrogens with zero attached hydrogens (tertiary/aromatic N) is 2. The second kappa shape index (κ2) is 8.18. The first-order valence-corrected chi connectivity index (χ1v) is 9.49.